The number of aromatic nitrogens is 3. The molecule has 9 heteroatoms. The summed E-state index contributed by atoms with van der Waals surface area (Å²) in [4.78, 5) is 4.67. The normalized spacial score (nSPS) is 14.3. The molecule has 0 saturated heterocycles. The fourth-order valence-corrected chi connectivity index (χ4v) is 4.60. The Morgan fingerprint density at radius 3 is 2.71 bits per heavy atom. The molecule has 0 amide bonds. The zero-order chi connectivity index (χ0) is 23.7. The van der Waals surface area contributed by atoms with Crippen LogP contribution in [0.1, 0.15) is 22.9 Å². The lowest BCUT2D eigenvalue weighted by molar-refractivity contribution is 0.224. The zero-order valence-corrected chi connectivity index (χ0v) is 20.0. The van der Waals surface area contributed by atoms with Gasteiger partial charge in [0.1, 0.15) is 0 Å². The van der Waals surface area contributed by atoms with Crippen molar-refractivity contribution in [2.24, 2.45) is 0 Å². The second-order valence-corrected chi connectivity index (χ2v) is 9.11. The molecule has 3 aromatic carbocycles. The third-order valence-corrected chi connectivity index (χ3v) is 6.64. The molecular weight excluding hydrogens is 472 g/mol. The first-order valence-corrected chi connectivity index (χ1v) is 11.9. The first-order chi connectivity index (χ1) is 16.5. The summed E-state index contributed by atoms with van der Waals surface area (Å²) in [5.74, 6) is 1.29. The van der Waals surface area contributed by atoms with E-state index in [-0.39, 0.29) is 11.5 Å². The van der Waals surface area contributed by atoms with Crippen LogP contribution in [-0.2, 0) is 5.75 Å². The molecular formula is C25H21ClN4O3S. The number of halogens is 1. The van der Waals surface area contributed by atoms with Crippen molar-refractivity contribution >= 4 is 29.1 Å². The highest BCUT2D eigenvalue weighted by Crippen LogP contribution is 2.42. The number of hydrogen-bond donors (Lipinski definition) is 2. The van der Waals surface area contributed by atoms with E-state index in [4.69, 9.17) is 21.1 Å². The van der Waals surface area contributed by atoms with Crippen LogP contribution >= 0.6 is 23.4 Å². The summed E-state index contributed by atoms with van der Waals surface area (Å²) in [7, 11) is 1.48. The van der Waals surface area contributed by atoms with Crippen molar-refractivity contribution in [3.8, 4) is 28.6 Å². The minimum atomic E-state index is -0.698. The van der Waals surface area contributed by atoms with E-state index in [0.717, 1.165) is 11.3 Å². The average Bonchev–Trinajstić information content (AvgIpc) is 3.00. The summed E-state index contributed by atoms with van der Waals surface area (Å²) in [6.07, 6.45) is -0.698. The molecule has 0 spiro atoms. The molecule has 0 fully saturated rings. The molecule has 5 rings (SSSR count). The Hall–Kier alpha value is -3.49. The fourth-order valence-electron chi connectivity index (χ4n) is 3.60. The summed E-state index contributed by atoms with van der Waals surface area (Å²) in [5.41, 5.74) is 5.12. The number of aromatic hydroxyl groups is 1. The molecule has 1 aliphatic heterocycles. The van der Waals surface area contributed by atoms with E-state index >= 15 is 0 Å². The van der Waals surface area contributed by atoms with E-state index in [9.17, 15) is 5.11 Å². The summed E-state index contributed by atoms with van der Waals surface area (Å²) in [5, 5.41) is 23.1. The van der Waals surface area contributed by atoms with Crippen LogP contribution < -0.4 is 14.8 Å². The maximum atomic E-state index is 10.1. The predicted molar refractivity (Wildman–Crippen MR) is 133 cm³/mol. The second kappa shape index (κ2) is 9.40. The molecule has 4 aromatic rings. The summed E-state index contributed by atoms with van der Waals surface area (Å²) >= 11 is 7.96. The van der Waals surface area contributed by atoms with E-state index < -0.39 is 6.23 Å². The third kappa shape index (κ3) is 4.47. The largest absolute Gasteiger partial charge is 0.504 e. The van der Waals surface area contributed by atoms with Crippen LogP contribution in [-0.4, -0.2) is 27.4 Å². The Bertz CT molecular complexity index is 1350. The fraction of sp³-hybridized carbons (Fsp3) is 0.160. The van der Waals surface area contributed by atoms with Crippen molar-refractivity contribution in [1.29, 1.82) is 0 Å². The number of benzene rings is 3. The summed E-state index contributed by atoms with van der Waals surface area (Å²) < 4.78 is 11.6. The van der Waals surface area contributed by atoms with Gasteiger partial charge in [-0.25, -0.2) is 0 Å². The van der Waals surface area contributed by atoms with Crippen LogP contribution in [0.25, 0.3) is 11.3 Å². The molecule has 2 heterocycles. The molecule has 7 nitrogen and oxygen atoms in total. The Morgan fingerprint density at radius 2 is 1.91 bits per heavy atom. The van der Waals surface area contributed by atoms with Crippen LogP contribution in [0.3, 0.4) is 0 Å². The highest BCUT2D eigenvalue weighted by molar-refractivity contribution is 7.98. The highest BCUT2D eigenvalue weighted by Gasteiger charge is 2.28. The lowest BCUT2D eigenvalue weighted by atomic mass is 10.1. The Balaban J connectivity index is 1.51. The standard InChI is InChI=1S/C25H21ClN4O3S/c1-14-7-9-15(10-8-14)13-34-25-28-24-22(29-30-25)16-5-3-4-6-19(16)27-23(33-24)17-11-21(32-2)20(31)12-18(17)26/h3-12,23,27,31H,13H2,1-2H3/t23-/m0/s1. The number of fused-ring (bicyclic) bond motifs is 3. The first kappa shape index (κ1) is 22.3. The number of nitrogens with zero attached hydrogens (tertiary/aromatic N) is 3. The highest BCUT2D eigenvalue weighted by atomic mass is 35.5. The van der Waals surface area contributed by atoms with Crippen molar-refractivity contribution in [3.05, 3.63) is 82.4 Å². The number of anilines is 1. The molecule has 1 aromatic heterocycles. The first-order valence-electron chi connectivity index (χ1n) is 10.5. The van der Waals surface area contributed by atoms with Gasteiger partial charge in [-0.3, -0.25) is 0 Å². The maximum absolute atomic E-state index is 10.1. The molecule has 34 heavy (non-hydrogen) atoms. The van der Waals surface area contributed by atoms with Crippen molar-refractivity contribution in [3.63, 3.8) is 0 Å². The number of ether oxygens (including phenoxy) is 2. The Kier molecular flexibility index (Phi) is 6.17. The van der Waals surface area contributed by atoms with E-state index in [1.54, 1.807) is 6.07 Å². The smallest absolute Gasteiger partial charge is 0.247 e. The number of phenolic OH excluding ortho intramolecular Hbond substituents is 1. The number of phenols is 1. The van der Waals surface area contributed by atoms with Gasteiger partial charge in [0.05, 0.1) is 12.1 Å². The van der Waals surface area contributed by atoms with Crippen molar-refractivity contribution < 1.29 is 14.6 Å². The van der Waals surface area contributed by atoms with Crippen LogP contribution in [0.2, 0.25) is 5.02 Å². The van der Waals surface area contributed by atoms with Gasteiger partial charge in [-0.15, -0.1) is 10.2 Å². The monoisotopic (exact) mass is 492 g/mol. The van der Waals surface area contributed by atoms with Crippen LogP contribution in [0.5, 0.6) is 17.4 Å². The third-order valence-electron chi connectivity index (χ3n) is 5.40. The zero-order valence-electron chi connectivity index (χ0n) is 18.4. The molecule has 1 atom stereocenters. The quantitative estimate of drug-likeness (QED) is 0.327. The van der Waals surface area contributed by atoms with Gasteiger partial charge in [0.2, 0.25) is 11.0 Å². The van der Waals surface area contributed by atoms with E-state index in [1.165, 1.54) is 36.1 Å². The molecule has 2 N–H and O–H groups in total. The number of rotatable bonds is 5. The van der Waals surface area contributed by atoms with Gasteiger partial charge in [0, 0.05) is 28.6 Å². The second-order valence-electron chi connectivity index (χ2n) is 7.76. The molecule has 1 aliphatic rings. The van der Waals surface area contributed by atoms with Crippen LogP contribution in [0, 0.1) is 6.92 Å². The molecule has 0 radical (unpaired) electrons. The minimum absolute atomic E-state index is 0.0514. The number of nitrogens with one attached hydrogen (secondary N) is 1. The topological polar surface area (TPSA) is 89.4 Å². The molecule has 0 bridgehead atoms. The number of methoxy groups -OCH3 is 1. The Morgan fingerprint density at radius 1 is 1.12 bits per heavy atom. The van der Waals surface area contributed by atoms with Crippen molar-refractivity contribution in [1.82, 2.24) is 15.2 Å². The molecule has 0 aliphatic carbocycles. The molecule has 172 valence electrons. The average molecular weight is 493 g/mol. The van der Waals surface area contributed by atoms with Gasteiger partial charge < -0.3 is 19.9 Å². The van der Waals surface area contributed by atoms with Gasteiger partial charge in [0.15, 0.2) is 23.4 Å². The number of aryl methyl sites for hydroxylation is 1. The van der Waals surface area contributed by atoms with Crippen molar-refractivity contribution in [2.75, 3.05) is 12.4 Å². The number of para-hydroxylation sites is 1. The van der Waals surface area contributed by atoms with Gasteiger partial charge in [-0.05, 0) is 24.6 Å². The SMILES string of the molecule is COc1cc([C@H]2Nc3ccccc3-c3nnc(SCc4ccc(C)cc4)nc3O2)c(Cl)cc1O. The van der Waals surface area contributed by atoms with E-state index in [2.05, 4.69) is 51.7 Å². The lowest BCUT2D eigenvalue weighted by Crippen LogP contribution is -2.17. The van der Waals surface area contributed by atoms with Gasteiger partial charge in [0.25, 0.3) is 0 Å². The van der Waals surface area contributed by atoms with Crippen LogP contribution in [0.4, 0.5) is 5.69 Å². The van der Waals surface area contributed by atoms with Crippen molar-refractivity contribution in [2.45, 2.75) is 24.1 Å². The molecule has 0 saturated carbocycles. The minimum Gasteiger partial charge on any atom is -0.504 e. The van der Waals surface area contributed by atoms with Crippen LogP contribution in [0.15, 0.2) is 65.8 Å². The molecule has 0 unspecified atom stereocenters. The van der Waals surface area contributed by atoms with E-state index in [1.807, 2.05) is 24.3 Å². The maximum Gasteiger partial charge on any atom is 0.247 e. The van der Waals surface area contributed by atoms with Gasteiger partial charge >= 0.3 is 0 Å². The number of hydrogen-bond acceptors (Lipinski definition) is 8. The van der Waals surface area contributed by atoms with Gasteiger partial charge in [-0.1, -0.05) is 71.4 Å². The number of thioether (sulfide) groups is 1. The predicted octanol–water partition coefficient (Wildman–Crippen LogP) is 6.01. The lowest BCUT2D eigenvalue weighted by Gasteiger charge is -2.21. The van der Waals surface area contributed by atoms with E-state index in [0.29, 0.717) is 33.1 Å². The van der Waals surface area contributed by atoms with Gasteiger partial charge in [-0.2, -0.15) is 4.98 Å². The summed E-state index contributed by atoms with van der Waals surface area (Å²) in [6.45, 7) is 2.06. The Labute approximate surface area is 206 Å². The summed E-state index contributed by atoms with van der Waals surface area (Å²) in [6, 6.07) is 19.1.